The van der Waals surface area contributed by atoms with Crippen LogP contribution in [0.15, 0.2) is 18.2 Å². The van der Waals surface area contributed by atoms with Gasteiger partial charge in [-0.05, 0) is 39.1 Å². The van der Waals surface area contributed by atoms with Gasteiger partial charge in [0.25, 0.3) is 5.91 Å². The first-order valence-electron chi connectivity index (χ1n) is 6.92. The second kappa shape index (κ2) is 6.13. The number of amides is 1. The van der Waals surface area contributed by atoms with E-state index >= 15 is 0 Å². The summed E-state index contributed by atoms with van der Waals surface area (Å²) in [4.78, 5) is 16.7. The van der Waals surface area contributed by atoms with Crippen LogP contribution in [0.4, 0.5) is 5.69 Å². The van der Waals surface area contributed by atoms with Crippen LogP contribution in [0.5, 0.6) is 5.75 Å². The minimum atomic E-state index is 0.000648. The Hall–Kier alpha value is -1.75. The van der Waals surface area contributed by atoms with E-state index in [-0.39, 0.29) is 5.91 Å². The maximum Gasteiger partial charge on any atom is 0.257 e. The van der Waals surface area contributed by atoms with Gasteiger partial charge in [-0.3, -0.25) is 4.79 Å². The van der Waals surface area contributed by atoms with Crippen LogP contribution >= 0.6 is 0 Å². The fraction of sp³-hybridized carbons (Fsp3) is 0.533. The van der Waals surface area contributed by atoms with Gasteiger partial charge in [-0.25, -0.2) is 0 Å². The number of nitrogens with zero attached hydrogens (tertiary/aromatic N) is 2. The second-order valence-electron chi connectivity index (χ2n) is 5.44. The number of carbonyl (C=O) groups excluding carboxylic acids is 1. The number of likely N-dealkylation sites (N-methyl/N-ethyl adjacent to an activating group) is 1. The summed E-state index contributed by atoms with van der Waals surface area (Å²) in [5.41, 5.74) is 6.92. The summed E-state index contributed by atoms with van der Waals surface area (Å²) in [6.45, 7) is 1.55. The molecule has 5 heteroatoms. The lowest BCUT2D eigenvalue weighted by molar-refractivity contribution is 0.0632. The van der Waals surface area contributed by atoms with Gasteiger partial charge in [0.1, 0.15) is 0 Å². The Labute approximate surface area is 120 Å². The lowest BCUT2D eigenvalue weighted by Gasteiger charge is -2.36. The van der Waals surface area contributed by atoms with E-state index < -0.39 is 0 Å². The monoisotopic (exact) mass is 277 g/mol. The normalized spacial score (nSPS) is 19.2. The van der Waals surface area contributed by atoms with Gasteiger partial charge in [0.15, 0.2) is 5.75 Å². The molecule has 5 nitrogen and oxygen atoms in total. The van der Waals surface area contributed by atoms with Crippen molar-refractivity contribution in [2.24, 2.45) is 0 Å². The van der Waals surface area contributed by atoms with Gasteiger partial charge < -0.3 is 20.3 Å². The molecule has 1 saturated heterocycles. The third-order valence-corrected chi connectivity index (χ3v) is 3.89. The van der Waals surface area contributed by atoms with Crippen LogP contribution in [0.1, 0.15) is 23.2 Å². The Bertz CT molecular complexity index is 488. The van der Waals surface area contributed by atoms with Crippen molar-refractivity contribution in [2.45, 2.75) is 18.9 Å². The van der Waals surface area contributed by atoms with Gasteiger partial charge in [-0.1, -0.05) is 6.07 Å². The fourth-order valence-electron chi connectivity index (χ4n) is 2.68. The Balaban J connectivity index is 2.21. The number of rotatable bonds is 3. The van der Waals surface area contributed by atoms with Crippen LogP contribution in [0.2, 0.25) is 0 Å². The van der Waals surface area contributed by atoms with Gasteiger partial charge in [0.2, 0.25) is 0 Å². The van der Waals surface area contributed by atoms with Gasteiger partial charge in [-0.15, -0.1) is 0 Å². The predicted molar refractivity (Wildman–Crippen MR) is 80.0 cm³/mol. The number of methoxy groups -OCH3 is 1. The largest absolute Gasteiger partial charge is 0.494 e. The molecule has 0 aromatic heterocycles. The molecule has 1 heterocycles. The first-order chi connectivity index (χ1) is 9.54. The number of piperidine rings is 1. The highest BCUT2D eigenvalue weighted by molar-refractivity contribution is 5.98. The van der Waals surface area contributed by atoms with E-state index in [1.54, 1.807) is 25.3 Å². The van der Waals surface area contributed by atoms with E-state index in [9.17, 15) is 4.79 Å². The van der Waals surface area contributed by atoms with Crippen molar-refractivity contribution in [2.75, 3.05) is 40.0 Å². The summed E-state index contributed by atoms with van der Waals surface area (Å²) in [5.74, 6) is 0.477. The van der Waals surface area contributed by atoms with Crippen molar-refractivity contribution >= 4 is 11.6 Å². The molecule has 1 atom stereocenters. The summed E-state index contributed by atoms with van der Waals surface area (Å²) in [6, 6.07) is 5.73. The van der Waals surface area contributed by atoms with Crippen LogP contribution in [-0.2, 0) is 0 Å². The van der Waals surface area contributed by atoms with Gasteiger partial charge >= 0.3 is 0 Å². The molecule has 110 valence electrons. The van der Waals surface area contributed by atoms with E-state index in [0.717, 1.165) is 25.9 Å². The Morgan fingerprint density at radius 1 is 1.45 bits per heavy atom. The molecule has 1 fully saturated rings. The van der Waals surface area contributed by atoms with Crippen LogP contribution in [0, 0.1) is 0 Å². The molecule has 1 aromatic carbocycles. The van der Waals surface area contributed by atoms with E-state index in [2.05, 4.69) is 19.0 Å². The molecule has 0 saturated carbocycles. The molecule has 1 aromatic rings. The van der Waals surface area contributed by atoms with Crippen LogP contribution in [0.3, 0.4) is 0 Å². The molecular weight excluding hydrogens is 254 g/mol. The molecular formula is C15H23N3O2. The molecule has 0 bridgehead atoms. The summed E-state index contributed by atoms with van der Waals surface area (Å²) in [7, 11) is 5.65. The number of nitrogen functional groups attached to an aromatic ring is 1. The number of ether oxygens (including phenoxy) is 1. The van der Waals surface area contributed by atoms with Crippen molar-refractivity contribution in [1.29, 1.82) is 0 Å². The minimum Gasteiger partial charge on any atom is -0.494 e. The Kier molecular flexibility index (Phi) is 4.49. The first-order valence-corrected chi connectivity index (χ1v) is 6.92. The van der Waals surface area contributed by atoms with E-state index in [4.69, 9.17) is 10.5 Å². The minimum absolute atomic E-state index is 0.000648. The molecule has 20 heavy (non-hydrogen) atoms. The van der Waals surface area contributed by atoms with Crippen molar-refractivity contribution in [3.8, 4) is 5.75 Å². The maximum absolute atomic E-state index is 12.7. The lowest BCUT2D eigenvalue weighted by atomic mass is 10.0. The zero-order valence-electron chi connectivity index (χ0n) is 12.4. The van der Waals surface area contributed by atoms with Crippen molar-refractivity contribution in [1.82, 2.24) is 9.80 Å². The first kappa shape index (κ1) is 14.7. The number of hydrogen-bond donors (Lipinski definition) is 1. The number of para-hydroxylation sites is 1. The highest BCUT2D eigenvalue weighted by Gasteiger charge is 2.27. The third-order valence-electron chi connectivity index (χ3n) is 3.89. The summed E-state index contributed by atoms with van der Waals surface area (Å²) in [6.07, 6.45) is 2.16. The summed E-state index contributed by atoms with van der Waals surface area (Å²) >= 11 is 0. The molecule has 0 aliphatic carbocycles. The number of carbonyl (C=O) groups is 1. The van der Waals surface area contributed by atoms with Crippen molar-refractivity contribution < 1.29 is 9.53 Å². The quantitative estimate of drug-likeness (QED) is 0.849. The Morgan fingerprint density at radius 2 is 2.20 bits per heavy atom. The molecule has 0 radical (unpaired) electrons. The molecule has 2 N–H and O–H groups in total. The maximum atomic E-state index is 12.7. The van der Waals surface area contributed by atoms with Gasteiger partial charge in [0.05, 0.1) is 18.4 Å². The zero-order valence-corrected chi connectivity index (χ0v) is 12.4. The molecule has 0 spiro atoms. The molecule has 1 aliphatic rings. The Morgan fingerprint density at radius 3 is 2.85 bits per heavy atom. The zero-order chi connectivity index (χ0) is 14.7. The predicted octanol–water partition coefficient (Wildman–Crippen LogP) is 1.44. The smallest absolute Gasteiger partial charge is 0.257 e. The van der Waals surface area contributed by atoms with Crippen molar-refractivity contribution in [3.05, 3.63) is 23.8 Å². The van der Waals surface area contributed by atoms with Gasteiger partial charge in [-0.2, -0.15) is 0 Å². The fourth-order valence-corrected chi connectivity index (χ4v) is 2.68. The average molecular weight is 277 g/mol. The topological polar surface area (TPSA) is 58.8 Å². The number of anilines is 1. The number of nitrogens with two attached hydrogens (primary N) is 1. The highest BCUT2D eigenvalue weighted by atomic mass is 16.5. The lowest BCUT2D eigenvalue weighted by Crippen LogP contribution is -2.47. The van der Waals surface area contributed by atoms with E-state index in [1.807, 2.05) is 4.90 Å². The van der Waals surface area contributed by atoms with Crippen LogP contribution in [-0.4, -0.2) is 56.0 Å². The number of hydrogen-bond acceptors (Lipinski definition) is 4. The standard InChI is InChI=1S/C15H23N3O2/c1-17(2)11-6-5-9-18(10-11)15(19)12-7-4-8-13(16)14(12)20-3/h4,7-8,11H,5-6,9-10,16H2,1-3H3. The molecule has 1 unspecified atom stereocenters. The van der Waals surface area contributed by atoms with Crippen molar-refractivity contribution in [3.63, 3.8) is 0 Å². The van der Waals surface area contributed by atoms with E-state index in [0.29, 0.717) is 23.0 Å². The molecule has 1 aliphatic heterocycles. The molecule has 1 amide bonds. The average Bonchev–Trinajstić information content (AvgIpc) is 2.46. The van der Waals surface area contributed by atoms with E-state index in [1.165, 1.54) is 0 Å². The SMILES string of the molecule is COc1c(N)cccc1C(=O)N1CCCC(N(C)C)C1. The van der Waals surface area contributed by atoms with Crippen LogP contribution in [0.25, 0.3) is 0 Å². The van der Waals surface area contributed by atoms with Crippen LogP contribution < -0.4 is 10.5 Å². The summed E-state index contributed by atoms with van der Waals surface area (Å²) in [5, 5.41) is 0. The summed E-state index contributed by atoms with van der Waals surface area (Å²) < 4.78 is 5.28. The number of likely N-dealkylation sites (tertiary alicyclic amines) is 1. The van der Waals surface area contributed by atoms with Gasteiger partial charge in [0, 0.05) is 19.1 Å². The number of benzene rings is 1. The third kappa shape index (κ3) is 2.88. The molecule has 2 rings (SSSR count). The second-order valence-corrected chi connectivity index (χ2v) is 5.44. The highest BCUT2D eigenvalue weighted by Crippen LogP contribution is 2.28.